The Morgan fingerprint density at radius 2 is 1.50 bits per heavy atom. The van der Waals surface area contributed by atoms with Gasteiger partial charge in [-0.05, 0) is 6.42 Å². The quantitative estimate of drug-likeness (QED) is 0.254. The summed E-state index contributed by atoms with van der Waals surface area (Å²) >= 11 is 0. The fraction of sp³-hybridized carbons (Fsp3) is 0.818. The van der Waals surface area contributed by atoms with E-state index < -0.39 is 0 Å². The molecule has 2 amide bonds. The summed E-state index contributed by atoms with van der Waals surface area (Å²) in [5.41, 5.74) is 0. The summed E-state index contributed by atoms with van der Waals surface area (Å²) in [4.78, 5) is 22.4. The highest BCUT2D eigenvalue weighted by Gasteiger charge is 2.08. The van der Waals surface area contributed by atoms with Gasteiger partial charge in [0.05, 0.1) is 26.3 Å². The number of ether oxygens (including phenoxy) is 1. The van der Waals surface area contributed by atoms with E-state index in [1.165, 1.54) is 0 Å². The van der Waals surface area contributed by atoms with Crippen LogP contribution in [0, 0.1) is 0 Å². The maximum absolute atomic E-state index is 11.3. The summed E-state index contributed by atoms with van der Waals surface area (Å²) in [6.45, 7) is 5.00. The number of hydrogen-bond acceptors (Lipinski definition) is 5. The lowest BCUT2D eigenvalue weighted by molar-refractivity contribution is -0.132. The SMILES string of the molecule is CCCC(=O)N(N)CCOCCN(N)C(=O)CC. The lowest BCUT2D eigenvalue weighted by Crippen LogP contribution is -2.41. The molecule has 0 bridgehead atoms. The van der Waals surface area contributed by atoms with Crippen molar-refractivity contribution >= 4 is 11.8 Å². The first-order valence-electron chi connectivity index (χ1n) is 6.20. The average molecular weight is 260 g/mol. The molecule has 0 atom stereocenters. The number of hydrogen-bond donors (Lipinski definition) is 2. The van der Waals surface area contributed by atoms with Crippen molar-refractivity contribution in [2.75, 3.05) is 26.3 Å². The van der Waals surface area contributed by atoms with Crippen LogP contribution in [0.2, 0.25) is 0 Å². The van der Waals surface area contributed by atoms with Gasteiger partial charge in [0.15, 0.2) is 0 Å². The van der Waals surface area contributed by atoms with Crippen LogP contribution in [-0.2, 0) is 14.3 Å². The molecule has 7 nitrogen and oxygen atoms in total. The van der Waals surface area contributed by atoms with Crippen LogP contribution in [-0.4, -0.2) is 48.1 Å². The fourth-order valence-corrected chi connectivity index (χ4v) is 1.24. The van der Waals surface area contributed by atoms with E-state index in [4.69, 9.17) is 16.4 Å². The smallest absolute Gasteiger partial charge is 0.236 e. The van der Waals surface area contributed by atoms with E-state index in [0.717, 1.165) is 16.4 Å². The zero-order valence-corrected chi connectivity index (χ0v) is 11.2. The van der Waals surface area contributed by atoms with Crippen LogP contribution in [0.4, 0.5) is 0 Å². The van der Waals surface area contributed by atoms with Crippen LogP contribution >= 0.6 is 0 Å². The Kier molecular flexibility index (Phi) is 9.17. The first kappa shape index (κ1) is 16.8. The highest BCUT2D eigenvalue weighted by atomic mass is 16.5. The molecule has 0 aromatic rings. The molecule has 0 saturated heterocycles. The number of rotatable bonds is 9. The van der Waals surface area contributed by atoms with Crippen molar-refractivity contribution in [1.82, 2.24) is 10.0 Å². The molecule has 18 heavy (non-hydrogen) atoms. The third-order valence-corrected chi connectivity index (χ3v) is 2.36. The summed E-state index contributed by atoms with van der Waals surface area (Å²) in [5, 5.41) is 2.28. The second kappa shape index (κ2) is 9.81. The van der Waals surface area contributed by atoms with Crippen molar-refractivity contribution in [1.29, 1.82) is 0 Å². The molecule has 0 radical (unpaired) electrons. The molecule has 0 spiro atoms. The Labute approximate surface area is 108 Å². The molecular formula is C11H24N4O3. The summed E-state index contributed by atoms with van der Waals surface area (Å²) in [5.74, 6) is 10.8. The van der Waals surface area contributed by atoms with Gasteiger partial charge in [-0.25, -0.2) is 11.7 Å². The summed E-state index contributed by atoms with van der Waals surface area (Å²) in [6, 6.07) is 0. The number of carbonyl (C=O) groups is 2. The van der Waals surface area contributed by atoms with E-state index in [1.807, 2.05) is 6.92 Å². The van der Waals surface area contributed by atoms with Crippen molar-refractivity contribution in [3.63, 3.8) is 0 Å². The van der Waals surface area contributed by atoms with Crippen LogP contribution in [0.3, 0.4) is 0 Å². The topological polar surface area (TPSA) is 102 Å². The van der Waals surface area contributed by atoms with Gasteiger partial charge in [-0.15, -0.1) is 0 Å². The molecule has 0 aromatic heterocycles. The van der Waals surface area contributed by atoms with Crippen LogP contribution in [0.5, 0.6) is 0 Å². The highest BCUT2D eigenvalue weighted by Crippen LogP contribution is 1.92. The maximum atomic E-state index is 11.3. The van der Waals surface area contributed by atoms with E-state index in [-0.39, 0.29) is 11.8 Å². The van der Waals surface area contributed by atoms with Crippen molar-refractivity contribution in [3.05, 3.63) is 0 Å². The van der Waals surface area contributed by atoms with Gasteiger partial charge in [0, 0.05) is 12.8 Å². The fourth-order valence-electron chi connectivity index (χ4n) is 1.24. The van der Waals surface area contributed by atoms with E-state index >= 15 is 0 Å². The molecule has 106 valence electrons. The predicted octanol–water partition coefficient (Wildman–Crippen LogP) is -0.382. The minimum Gasteiger partial charge on any atom is -0.378 e. The molecule has 0 aliphatic carbocycles. The number of carbonyl (C=O) groups excluding carboxylic acids is 2. The largest absolute Gasteiger partial charge is 0.378 e. The molecule has 0 aliphatic heterocycles. The van der Waals surface area contributed by atoms with E-state index in [9.17, 15) is 9.59 Å². The molecule has 4 N–H and O–H groups in total. The molecule has 0 aliphatic rings. The van der Waals surface area contributed by atoms with Gasteiger partial charge in [-0.2, -0.15) is 0 Å². The third-order valence-electron chi connectivity index (χ3n) is 2.36. The van der Waals surface area contributed by atoms with Gasteiger partial charge >= 0.3 is 0 Å². The number of nitrogens with two attached hydrogens (primary N) is 2. The molecule has 0 heterocycles. The van der Waals surface area contributed by atoms with Crippen LogP contribution in [0.1, 0.15) is 33.1 Å². The van der Waals surface area contributed by atoms with E-state index in [2.05, 4.69) is 0 Å². The number of amides is 2. The Morgan fingerprint density at radius 1 is 1.00 bits per heavy atom. The van der Waals surface area contributed by atoms with Crippen molar-refractivity contribution in [2.45, 2.75) is 33.1 Å². The molecule has 0 saturated carbocycles. The molecule has 7 heteroatoms. The zero-order chi connectivity index (χ0) is 14.0. The number of hydrazine groups is 2. The highest BCUT2D eigenvalue weighted by molar-refractivity contribution is 5.75. The molecule has 0 aromatic carbocycles. The Hall–Kier alpha value is -1.18. The Balaban J connectivity index is 3.56. The average Bonchev–Trinajstić information content (AvgIpc) is 2.37. The summed E-state index contributed by atoms with van der Waals surface area (Å²) in [7, 11) is 0. The number of nitrogens with zero attached hydrogens (tertiary/aromatic N) is 2. The zero-order valence-electron chi connectivity index (χ0n) is 11.2. The van der Waals surface area contributed by atoms with Crippen molar-refractivity contribution in [3.8, 4) is 0 Å². The van der Waals surface area contributed by atoms with Gasteiger partial charge in [0.1, 0.15) is 0 Å². The Bertz CT molecular complexity index is 261. The van der Waals surface area contributed by atoms with Gasteiger partial charge in [0.25, 0.3) is 0 Å². The lowest BCUT2D eigenvalue weighted by Gasteiger charge is -2.18. The van der Waals surface area contributed by atoms with Crippen molar-refractivity contribution in [2.24, 2.45) is 11.7 Å². The van der Waals surface area contributed by atoms with Gasteiger partial charge in [0.2, 0.25) is 11.8 Å². The second-order valence-electron chi connectivity index (χ2n) is 3.89. The standard InChI is InChI=1S/C11H24N4O3/c1-3-5-11(17)15(13)7-9-18-8-6-14(12)10(16)4-2/h3-9,12-13H2,1-2H3. The maximum Gasteiger partial charge on any atom is 0.236 e. The van der Waals surface area contributed by atoms with Gasteiger partial charge in [-0.3, -0.25) is 19.6 Å². The van der Waals surface area contributed by atoms with Gasteiger partial charge in [-0.1, -0.05) is 13.8 Å². The molecular weight excluding hydrogens is 236 g/mol. The lowest BCUT2D eigenvalue weighted by atomic mass is 10.3. The van der Waals surface area contributed by atoms with Crippen LogP contribution in [0.25, 0.3) is 0 Å². The minimum absolute atomic E-state index is 0.0947. The van der Waals surface area contributed by atoms with E-state index in [0.29, 0.717) is 39.1 Å². The summed E-state index contributed by atoms with van der Waals surface area (Å²) < 4.78 is 5.25. The first-order valence-corrected chi connectivity index (χ1v) is 6.20. The Morgan fingerprint density at radius 3 is 1.94 bits per heavy atom. The third kappa shape index (κ3) is 7.21. The van der Waals surface area contributed by atoms with Crippen LogP contribution in [0.15, 0.2) is 0 Å². The minimum atomic E-state index is -0.128. The van der Waals surface area contributed by atoms with Gasteiger partial charge < -0.3 is 4.74 Å². The molecule has 0 unspecified atom stereocenters. The van der Waals surface area contributed by atoms with E-state index in [1.54, 1.807) is 6.92 Å². The normalized spacial score (nSPS) is 10.2. The molecule has 0 rings (SSSR count). The van der Waals surface area contributed by atoms with Crippen molar-refractivity contribution < 1.29 is 14.3 Å². The van der Waals surface area contributed by atoms with Crippen LogP contribution < -0.4 is 11.7 Å². The first-order chi connectivity index (χ1) is 8.52. The second-order valence-corrected chi connectivity index (χ2v) is 3.89. The predicted molar refractivity (Wildman–Crippen MR) is 67.8 cm³/mol. The molecule has 0 fully saturated rings. The summed E-state index contributed by atoms with van der Waals surface area (Å²) in [6.07, 6.45) is 1.59. The monoisotopic (exact) mass is 260 g/mol.